The molecule has 34 heavy (non-hydrogen) atoms. The van der Waals surface area contributed by atoms with Gasteiger partial charge >= 0.3 is 0 Å². The van der Waals surface area contributed by atoms with E-state index < -0.39 is 11.6 Å². The summed E-state index contributed by atoms with van der Waals surface area (Å²) in [6, 6.07) is 23.1. The first-order valence-corrected chi connectivity index (χ1v) is 11.6. The molecule has 4 rings (SSSR count). The van der Waals surface area contributed by atoms with Gasteiger partial charge in [0.1, 0.15) is 5.82 Å². The lowest BCUT2D eigenvalue weighted by Gasteiger charge is -2.10. The highest BCUT2D eigenvalue weighted by atomic mass is 19.2. The SMILES string of the molecule is CCCc1ccc(/C=C/c2ccc(-c3ccc(-c4ccc(CC)cc4)c(F)c3F)cc2)c(F)c1. The predicted octanol–water partition coefficient (Wildman–Crippen LogP) is 9.12. The summed E-state index contributed by atoms with van der Waals surface area (Å²) in [5, 5.41) is 0. The molecule has 0 radical (unpaired) electrons. The number of hydrogen-bond donors (Lipinski definition) is 0. The lowest BCUT2D eigenvalue weighted by molar-refractivity contribution is 0.514. The Kier molecular flexibility index (Phi) is 7.32. The van der Waals surface area contributed by atoms with Crippen LogP contribution in [0.3, 0.4) is 0 Å². The van der Waals surface area contributed by atoms with Gasteiger partial charge < -0.3 is 0 Å². The third kappa shape index (κ3) is 5.14. The quantitative estimate of drug-likeness (QED) is 0.243. The van der Waals surface area contributed by atoms with Gasteiger partial charge in [-0.25, -0.2) is 13.2 Å². The summed E-state index contributed by atoms with van der Waals surface area (Å²) in [6.45, 7) is 4.11. The van der Waals surface area contributed by atoms with Crippen molar-refractivity contribution in [2.24, 2.45) is 0 Å². The number of hydrogen-bond acceptors (Lipinski definition) is 0. The monoisotopic (exact) mass is 456 g/mol. The van der Waals surface area contributed by atoms with E-state index in [1.807, 2.05) is 55.5 Å². The van der Waals surface area contributed by atoms with E-state index in [-0.39, 0.29) is 16.9 Å². The second-order valence-corrected chi connectivity index (χ2v) is 8.40. The van der Waals surface area contributed by atoms with Gasteiger partial charge in [0, 0.05) is 16.7 Å². The van der Waals surface area contributed by atoms with E-state index >= 15 is 0 Å². The van der Waals surface area contributed by atoms with Crippen molar-refractivity contribution in [2.75, 3.05) is 0 Å². The van der Waals surface area contributed by atoms with Crippen LogP contribution in [-0.4, -0.2) is 0 Å². The highest BCUT2D eigenvalue weighted by Gasteiger charge is 2.16. The minimum Gasteiger partial charge on any atom is -0.206 e. The average Bonchev–Trinajstić information content (AvgIpc) is 2.86. The molecule has 0 fully saturated rings. The molecule has 0 bridgehead atoms. The molecule has 0 N–H and O–H groups in total. The van der Waals surface area contributed by atoms with Crippen molar-refractivity contribution >= 4 is 12.2 Å². The highest BCUT2D eigenvalue weighted by Crippen LogP contribution is 2.32. The van der Waals surface area contributed by atoms with Gasteiger partial charge in [-0.3, -0.25) is 0 Å². The summed E-state index contributed by atoms with van der Waals surface area (Å²) in [7, 11) is 0. The molecule has 0 nitrogen and oxygen atoms in total. The summed E-state index contributed by atoms with van der Waals surface area (Å²) in [5.74, 6) is -1.97. The summed E-state index contributed by atoms with van der Waals surface area (Å²) in [5.41, 5.74) is 5.17. The lowest BCUT2D eigenvalue weighted by Crippen LogP contribution is -1.94. The molecule has 0 saturated heterocycles. The maximum atomic E-state index is 15.0. The summed E-state index contributed by atoms with van der Waals surface area (Å²) in [6.07, 6.45) is 6.24. The maximum absolute atomic E-state index is 15.0. The van der Waals surface area contributed by atoms with Crippen molar-refractivity contribution in [3.05, 3.63) is 119 Å². The number of benzene rings is 4. The van der Waals surface area contributed by atoms with Crippen LogP contribution >= 0.6 is 0 Å². The van der Waals surface area contributed by atoms with Crippen LogP contribution in [0.15, 0.2) is 78.9 Å². The molecule has 0 unspecified atom stereocenters. The topological polar surface area (TPSA) is 0 Å². The van der Waals surface area contributed by atoms with E-state index in [4.69, 9.17) is 0 Å². The minimum absolute atomic E-state index is 0.208. The normalized spacial score (nSPS) is 11.3. The van der Waals surface area contributed by atoms with Gasteiger partial charge in [-0.15, -0.1) is 0 Å². The molecule has 0 atom stereocenters. The zero-order valence-electron chi connectivity index (χ0n) is 19.4. The van der Waals surface area contributed by atoms with Crippen LogP contribution in [0.4, 0.5) is 13.2 Å². The zero-order valence-corrected chi connectivity index (χ0v) is 19.4. The van der Waals surface area contributed by atoms with Crippen LogP contribution in [0.5, 0.6) is 0 Å². The molecule has 4 aromatic carbocycles. The first-order chi connectivity index (χ1) is 16.5. The Balaban J connectivity index is 1.54. The third-order valence-corrected chi connectivity index (χ3v) is 6.04. The van der Waals surface area contributed by atoms with Crippen LogP contribution in [-0.2, 0) is 12.8 Å². The highest BCUT2D eigenvalue weighted by molar-refractivity contribution is 5.74. The predicted molar refractivity (Wildman–Crippen MR) is 136 cm³/mol. The van der Waals surface area contributed by atoms with E-state index in [2.05, 4.69) is 6.92 Å². The maximum Gasteiger partial charge on any atom is 0.167 e. The molecular weight excluding hydrogens is 429 g/mol. The second-order valence-electron chi connectivity index (χ2n) is 8.40. The molecule has 0 amide bonds. The molecule has 0 aliphatic rings. The van der Waals surface area contributed by atoms with Crippen molar-refractivity contribution in [3.8, 4) is 22.3 Å². The Morgan fingerprint density at radius 3 is 1.71 bits per heavy atom. The van der Waals surface area contributed by atoms with Crippen molar-refractivity contribution in [1.82, 2.24) is 0 Å². The number of aryl methyl sites for hydroxylation is 2. The molecule has 3 heteroatoms. The fraction of sp³-hybridized carbons (Fsp3) is 0.161. The van der Waals surface area contributed by atoms with Crippen molar-refractivity contribution in [1.29, 1.82) is 0 Å². The lowest BCUT2D eigenvalue weighted by atomic mass is 9.97. The smallest absolute Gasteiger partial charge is 0.167 e. The van der Waals surface area contributed by atoms with Crippen molar-refractivity contribution < 1.29 is 13.2 Å². The Morgan fingerprint density at radius 1 is 0.618 bits per heavy atom. The molecule has 0 heterocycles. The van der Waals surface area contributed by atoms with Crippen LogP contribution < -0.4 is 0 Å². The van der Waals surface area contributed by atoms with Crippen LogP contribution in [0.2, 0.25) is 0 Å². The van der Waals surface area contributed by atoms with Crippen LogP contribution in [0.25, 0.3) is 34.4 Å². The molecular formula is C31H27F3. The van der Waals surface area contributed by atoms with Gasteiger partial charge in [-0.2, -0.15) is 0 Å². The molecule has 0 aromatic heterocycles. The molecule has 0 aliphatic heterocycles. The Morgan fingerprint density at radius 2 is 1.18 bits per heavy atom. The summed E-state index contributed by atoms with van der Waals surface area (Å²) < 4.78 is 44.2. The van der Waals surface area contributed by atoms with Crippen LogP contribution in [0.1, 0.15) is 42.5 Å². The standard InChI is InChI=1S/C31H27F3/c1-3-5-23-11-17-26(29(32)20-23)16-10-22-8-14-25(15-9-22)28-19-18-27(30(33)31(28)34)24-12-6-21(4-2)7-13-24/h6-20H,3-5H2,1-2H3/b16-10+. The van der Waals surface area contributed by atoms with E-state index in [1.54, 1.807) is 42.5 Å². The first kappa shape index (κ1) is 23.6. The third-order valence-electron chi connectivity index (χ3n) is 6.04. The van der Waals surface area contributed by atoms with Gasteiger partial charge in [0.25, 0.3) is 0 Å². The Bertz CT molecular complexity index is 1300. The Hall–Kier alpha value is -3.59. The number of rotatable bonds is 7. The van der Waals surface area contributed by atoms with Crippen molar-refractivity contribution in [3.63, 3.8) is 0 Å². The van der Waals surface area contributed by atoms with Gasteiger partial charge in [0.15, 0.2) is 11.6 Å². The average molecular weight is 457 g/mol. The van der Waals surface area contributed by atoms with Gasteiger partial charge in [-0.1, -0.05) is 105 Å². The second kappa shape index (κ2) is 10.6. The van der Waals surface area contributed by atoms with E-state index in [9.17, 15) is 13.2 Å². The fourth-order valence-corrected chi connectivity index (χ4v) is 4.03. The molecule has 172 valence electrons. The number of halogens is 3. The van der Waals surface area contributed by atoms with E-state index in [1.165, 1.54) is 0 Å². The van der Waals surface area contributed by atoms with E-state index in [0.717, 1.165) is 36.0 Å². The van der Waals surface area contributed by atoms with Crippen molar-refractivity contribution in [2.45, 2.75) is 33.1 Å². The summed E-state index contributed by atoms with van der Waals surface area (Å²) in [4.78, 5) is 0. The Labute approximate surface area is 199 Å². The van der Waals surface area contributed by atoms with Gasteiger partial charge in [0.05, 0.1) is 0 Å². The van der Waals surface area contributed by atoms with Gasteiger partial charge in [-0.05, 0) is 46.7 Å². The van der Waals surface area contributed by atoms with Crippen LogP contribution in [0, 0.1) is 17.5 Å². The molecule has 0 spiro atoms. The minimum atomic E-state index is -0.866. The van der Waals surface area contributed by atoms with Gasteiger partial charge in [0.2, 0.25) is 0 Å². The molecule has 4 aromatic rings. The largest absolute Gasteiger partial charge is 0.206 e. The molecule has 0 saturated carbocycles. The van der Waals surface area contributed by atoms with E-state index in [0.29, 0.717) is 16.7 Å². The summed E-state index contributed by atoms with van der Waals surface area (Å²) >= 11 is 0. The molecule has 0 aliphatic carbocycles. The zero-order chi connectivity index (χ0) is 24.1. The first-order valence-electron chi connectivity index (χ1n) is 11.6. The fourth-order valence-electron chi connectivity index (χ4n) is 4.03.